The summed E-state index contributed by atoms with van der Waals surface area (Å²) in [6.07, 6.45) is -7.92. The predicted octanol–water partition coefficient (Wildman–Crippen LogP) is -6.19. The maximum atomic E-state index is 12.6. The number of aliphatic carboxylic acids is 1. The number of rotatable bonds is 21. The molecule has 3 rings (SSSR count). The minimum absolute atomic E-state index is 0. The Hall–Kier alpha value is -2.37. The summed E-state index contributed by atoms with van der Waals surface area (Å²) in [7, 11) is -16.4. The van der Waals surface area contributed by atoms with Crippen LogP contribution in [-0.4, -0.2) is 129 Å². The van der Waals surface area contributed by atoms with Gasteiger partial charge in [-0.25, -0.2) is 28.6 Å². The fraction of sp³-hybridized carbons (Fsp3) is 0.625. The van der Waals surface area contributed by atoms with Gasteiger partial charge in [-0.1, -0.05) is 25.6 Å². The molecule has 0 bridgehead atoms. The number of phosphoric acid groups is 3. The van der Waals surface area contributed by atoms with Crippen molar-refractivity contribution in [3.63, 3.8) is 0 Å². The molecule has 0 radical (unpaired) electrons. The Balaban J connectivity index is 0.0000105. The monoisotopic (exact) mass is 859 g/mol. The number of nitrogens with one attached hydrogen (secondary N) is 2. The van der Waals surface area contributed by atoms with Crippen molar-refractivity contribution in [1.29, 1.82) is 0 Å². The molecule has 55 heavy (non-hydrogen) atoms. The average molecular weight is 860 g/mol. The molecule has 2 amide bonds. The van der Waals surface area contributed by atoms with E-state index in [2.05, 4.69) is 34.4 Å². The molecule has 0 aromatic carbocycles. The van der Waals surface area contributed by atoms with Gasteiger partial charge in [0, 0.05) is 36.6 Å². The maximum absolute atomic E-state index is 12.6. The maximum Gasteiger partial charge on any atom is 1.00 e. The van der Waals surface area contributed by atoms with Crippen molar-refractivity contribution in [2.45, 2.75) is 57.3 Å². The Kier molecular flexibility index (Phi) is 18.1. The van der Waals surface area contributed by atoms with Gasteiger partial charge in [-0.05, 0) is 0 Å². The number of nitrogens with zero attached hydrogens (tertiary/aromatic N) is 4. The number of thioether (sulfide) groups is 1. The van der Waals surface area contributed by atoms with Crippen molar-refractivity contribution in [3.05, 3.63) is 12.7 Å². The second-order valence-corrected chi connectivity index (χ2v) is 17.2. The van der Waals surface area contributed by atoms with Crippen molar-refractivity contribution in [3.8, 4) is 0 Å². The molecule has 7 unspecified atom stereocenters. The first-order chi connectivity index (χ1) is 24.9. The summed E-state index contributed by atoms with van der Waals surface area (Å²) in [6.45, 7) is 0.0894. The van der Waals surface area contributed by atoms with Crippen LogP contribution in [-0.2, 0) is 55.5 Å². The molecule has 10 N–H and O–H groups in total. The summed E-state index contributed by atoms with van der Waals surface area (Å²) in [6, 6.07) is 0. The molecule has 0 spiro atoms. The van der Waals surface area contributed by atoms with E-state index in [-0.39, 0.29) is 61.1 Å². The van der Waals surface area contributed by atoms with Crippen molar-refractivity contribution in [2.24, 2.45) is 5.41 Å². The number of carbonyl (C=O) groups excluding carboxylic acids is 4. The summed E-state index contributed by atoms with van der Waals surface area (Å²) in [5.74, 6) is -3.09. The molecule has 304 valence electrons. The number of aliphatic hydroxyl groups is 2. The number of hydrogen-bond acceptors (Lipinski definition) is 20. The fourth-order valence-corrected chi connectivity index (χ4v) is 7.94. The van der Waals surface area contributed by atoms with Gasteiger partial charge in [0.15, 0.2) is 22.8 Å². The molecule has 7 atom stereocenters. The van der Waals surface area contributed by atoms with Crippen molar-refractivity contribution < 1.29 is 109 Å². The number of imidazole rings is 1. The minimum atomic E-state index is -5.59. The number of aromatic nitrogens is 4. The number of carboxylic acid groups (broad SMARTS) is 1. The van der Waals surface area contributed by atoms with Gasteiger partial charge < -0.3 is 60.8 Å². The van der Waals surface area contributed by atoms with Crippen molar-refractivity contribution in [2.75, 3.05) is 37.8 Å². The summed E-state index contributed by atoms with van der Waals surface area (Å²) in [5, 5.41) is 35.7. The van der Waals surface area contributed by atoms with E-state index in [1.54, 1.807) is 0 Å². The number of amides is 2. The van der Waals surface area contributed by atoms with E-state index in [1.807, 2.05) is 0 Å². The zero-order valence-corrected chi connectivity index (χ0v) is 32.6. The third kappa shape index (κ3) is 15.1. The first-order valence-electron chi connectivity index (χ1n) is 15.2. The molecule has 2 aromatic rings. The molecule has 0 saturated carbocycles. The van der Waals surface area contributed by atoms with Crippen molar-refractivity contribution in [1.82, 2.24) is 30.2 Å². The third-order valence-corrected chi connectivity index (χ3v) is 11.0. The van der Waals surface area contributed by atoms with Gasteiger partial charge >= 0.3 is 42.3 Å². The summed E-state index contributed by atoms with van der Waals surface area (Å²) < 4.78 is 61.8. The number of carboxylic acids is 1. The average Bonchev–Trinajstić information content (AvgIpc) is 3.60. The number of carbonyl (C=O) groups is 4. The van der Waals surface area contributed by atoms with E-state index in [9.17, 15) is 67.8 Å². The Bertz CT molecular complexity index is 1840. The van der Waals surface area contributed by atoms with Crippen LogP contribution in [0, 0.1) is 5.41 Å². The van der Waals surface area contributed by atoms with Crippen LogP contribution in [0.3, 0.4) is 0 Å². The smallest absolute Gasteiger partial charge is 0.550 e. The second kappa shape index (κ2) is 20.4. The molecular formula is C24H37LiN7O19P3S. The number of aliphatic hydroxyl groups excluding tert-OH is 2. The van der Waals surface area contributed by atoms with Gasteiger partial charge in [0.2, 0.25) is 11.8 Å². The summed E-state index contributed by atoms with van der Waals surface area (Å²) in [5.41, 5.74) is 4.18. The fourth-order valence-electron chi connectivity index (χ4n) is 4.46. The number of hydrogen-bond donors (Lipinski definition) is 9. The Morgan fingerprint density at radius 3 is 2.36 bits per heavy atom. The van der Waals surface area contributed by atoms with Crippen LogP contribution in [0.5, 0.6) is 0 Å². The number of fused-ring (bicyclic) bond motifs is 1. The number of nitrogens with two attached hydrogens (primary N) is 1. The predicted molar refractivity (Wildman–Crippen MR) is 177 cm³/mol. The SMILES string of the molecule is CC(C)(COP(=O)(O)OP(=O)(O)OCC1OC(n2cnc3c(N)ncnc32)C(O)C1OP(=O)(O)O)C(O)C(=O)NCCC(=O)NCCSC(=O)CC(=O)[O-].[Li+]. The first-order valence-corrected chi connectivity index (χ1v) is 20.7. The van der Waals surface area contributed by atoms with Crippen LogP contribution in [0.1, 0.15) is 32.9 Å². The minimum Gasteiger partial charge on any atom is -0.550 e. The van der Waals surface area contributed by atoms with Gasteiger partial charge in [-0.3, -0.25) is 32.5 Å². The van der Waals surface area contributed by atoms with Gasteiger partial charge in [0.05, 0.1) is 26.0 Å². The van der Waals surface area contributed by atoms with E-state index < -0.39 is 102 Å². The van der Waals surface area contributed by atoms with Gasteiger partial charge in [-0.2, -0.15) is 4.31 Å². The molecule has 0 aliphatic carbocycles. The third-order valence-electron chi connectivity index (χ3n) is 7.05. The van der Waals surface area contributed by atoms with Crippen LogP contribution in [0.15, 0.2) is 12.7 Å². The van der Waals surface area contributed by atoms with E-state index in [4.69, 9.17) is 19.5 Å². The Morgan fingerprint density at radius 1 is 1.07 bits per heavy atom. The molecule has 2 aromatic heterocycles. The van der Waals surface area contributed by atoms with Crippen LogP contribution >= 0.6 is 35.2 Å². The van der Waals surface area contributed by atoms with Crippen molar-refractivity contribution >= 4 is 75.1 Å². The molecule has 31 heteroatoms. The van der Waals surface area contributed by atoms with Gasteiger partial charge in [0.25, 0.3) is 0 Å². The van der Waals surface area contributed by atoms with E-state index in [1.165, 1.54) is 13.8 Å². The van der Waals surface area contributed by atoms with Crippen LogP contribution in [0.4, 0.5) is 5.82 Å². The van der Waals surface area contributed by atoms with Crippen LogP contribution in [0.25, 0.3) is 11.2 Å². The van der Waals surface area contributed by atoms with E-state index in [0.29, 0.717) is 11.8 Å². The molecule has 1 saturated heterocycles. The van der Waals surface area contributed by atoms with E-state index >= 15 is 0 Å². The Morgan fingerprint density at radius 2 is 1.73 bits per heavy atom. The first kappa shape index (κ1) is 48.8. The topological polar surface area (TPSA) is 404 Å². The second-order valence-electron chi connectivity index (χ2n) is 11.8. The van der Waals surface area contributed by atoms with Gasteiger partial charge in [-0.15, -0.1) is 0 Å². The molecule has 3 heterocycles. The molecular weight excluding hydrogens is 822 g/mol. The standard InChI is InChI=1S/C24H38N7O19P3S.Li/c1-24(2,19(37)22(38)27-4-3-13(32)26-5-6-54-15(35)7-14(33)34)9-47-53(44,45)50-52(42,43)46-8-12-18(49-51(39,40)41)17(36)23(48-12)31-11-30-16-20(25)28-10-29-21(16)31;/h10-12,17-19,23,36-37H,3-9H2,1-2H3,(H,26,32)(H,27,38)(H,33,34)(H,42,43)(H,44,45)(H2,25,28,29)(H2,39,40,41);/q;+1/p-1. The number of nitrogen functional groups attached to an aromatic ring is 1. The van der Waals surface area contributed by atoms with Crippen LogP contribution in [0.2, 0.25) is 0 Å². The number of ether oxygens (including phenoxy) is 1. The molecule has 1 fully saturated rings. The molecule has 26 nitrogen and oxygen atoms in total. The number of phosphoric ester groups is 3. The molecule has 1 aliphatic rings. The normalized spacial score (nSPS) is 21.5. The van der Waals surface area contributed by atoms with Crippen LogP contribution < -0.4 is 40.3 Å². The molecule has 1 aliphatic heterocycles. The van der Waals surface area contributed by atoms with E-state index in [0.717, 1.165) is 17.2 Å². The Labute approximate surface area is 326 Å². The number of anilines is 1. The zero-order chi connectivity index (χ0) is 40.6. The largest absolute Gasteiger partial charge is 1.00 e. The summed E-state index contributed by atoms with van der Waals surface area (Å²) in [4.78, 5) is 96.8. The summed E-state index contributed by atoms with van der Waals surface area (Å²) >= 11 is 0.678. The zero-order valence-electron chi connectivity index (χ0n) is 29.1. The quantitative estimate of drug-likeness (QED) is 0.0244. The van der Waals surface area contributed by atoms with Gasteiger partial charge in [0.1, 0.15) is 36.3 Å².